The van der Waals surface area contributed by atoms with Gasteiger partial charge in [0.05, 0.1) is 0 Å². The molecule has 0 unspecified atom stereocenters. The second kappa shape index (κ2) is 1.49. The Morgan fingerprint density at radius 1 is 0.875 bits per heavy atom. The van der Waals surface area contributed by atoms with Crippen LogP contribution in [0.3, 0.4) is 0 Å². The predicted octanol–water partition coefficient (Wildman–Crippen LogP) is 2.44. The normalized spacial score (nSPS) is 52.9. The molecular weight excluding hydrogens is 96.1 g/mol. The van der Waals surface area contributed by atoms with Crippen LogP contribution in [0, 0.1) is 17.8 Å². The summed E-state index contributed by atoms with van der Waals surface area (Å²) >= 11 is 0. The van der Waals surface area contributed by atoms with Gasteiger partial charge in [-0.15, -0.1) is 0 Å². The molecule has 0 N–H and O–H groups in total. The van der Waals surface area contributed by atoms with E-state index in [4.69, 9.17) is 0 Å². The van der Waals surface area contributed by atoms with E-state index in [-0.39, 0.29) is 0 Å². The summed E-state index contributed by atoms with van der Waals surface area (Å²) in [5.41, 5.74) is 0. The van der Waals surface area contributed by atoms with Gasteiger partial charge in [0.25, 0.3) is 0 Å². The monoisotopic (exact) mass is 110 g/mol. The quantitative estimate of drug-likeness (QED) is 0.449. The molecule has 0 amide bonds. The Hall–Kier alpha value is 0. The standard InChI is InChI=1S/C8H14/c1-6-7-2-3-8(6)5-4-7/h6-8H,2-5H2,1H3. The van der Waals surface area contributed by atoms with E-state index in [0.717, 1.165) is 17.8 Å². The van der Waals surface area contributed by atoms with Crippen molar-refractivity contribution in [2.24, 2.45) is 17.8 Å². The molecule has 0 aromatic heterocycles. The largest absolute Gasteiger partial charge is 0.0620 e. The van der Waals surface area contributed by atoms with Crippen LogP contribution in [-0.4, -0.2) is 0 Å². The van der Waals surface area contributed by atoms with Crippen LogP contribution in [0.1, 0.15) is 32.6 Å². The fraction of sp³-hybridized carbons (Fsp3) is 1.00. The minimum atomic E-state index is 1.09. The summed E-state index contributed by atoms with van der Waals surface area (Å²) in [6.45, 7) is 2.44. The number of hydrogen-bond acceptors (Lipinski definition) is 0. The van der Waals surface area contributed by atoms with Crippen molar-refractivity contribution in [3.63, 3.8) is 0 Å². The van der Waals surface area contributed by atoms with Crippen molar-refractivity contribution >= 4 is 0 Å². The highest BCUT2D eigenvalue weighted by atomic mass is 14.4. The summed E-state index contributed by atoms with van der Waals surface area (Å²) < 4.78 is 0. The molecule has 2 aliphatic carbocycles. The second-order valence-corrected chi connectivity index (χ2v) is 3.53. The SMILES string of the molecule is CC1C2CCC1CC2. The van der Waals surface area contributed by atoms with E-state index >= 15 is 0 Å². The van der Waals surface area contributed by atoms with Gasteiger partial charge in [-0.05, 0) is 43.4 Å². The number of fused-ring (bicyclic) bond motifs is 2. The van der Waals surface area contributed by atoms with Crippen molar-refractivity contribution in [2.75, 3.05) is 0 Å². The van der Waals surface area contributed by atoms with Gasteiger partial charge in [-0.2, -0.15) is 0 Å². The van der Waals surface area contributed by atoms with Gasteiger partial charge in [0.15, 0.2) is 0 Å². The Balaban J connectivity index is 2.16. The summed E-state index contributed by atoms with van der Waals surface area (Å²) in [6, 6.07) is 0. The Kier molecular flexibility index (Phi) is 0.902. The molecular formula is C8H14. The Morgan fingerprint density at radius 3 is 1.38 bits per heavy atom. The Bertz CT molecular complexity index is 76.2. The zero-order chi connectivity index (χ0) is 5.56. The summed E-state index contributed by atoms with van der Waals surface area (Å²) in [6.07, 6.45) is 6.19. The minimum Gasteiger partial charge on any atom is -0.0620 e. The molecule has 0 atom stereocenters. The molecule has 0 saturated heterocycles. The van der Waals surface area contributed by atoms with Crippen LogP contribution in [0.25, 0.3) is 0 Å². The van der Waals surface area contributed by atoms with Gasteiger partial charge in [-0.3, -0.25) is 0 Å². The molecule has 0 heteroatoms. The highest BCUT2D eigenvalue weighted by Crippen LogP contribution is 2.48. The van der Waals surface area contributed by atoms with Crippen LogP contribution in [0.2, 0.25) is 0 Å². The third-order valence-corrected chi connectivity index (χ3v) is 3.30. The van der Waals surface area contributed by atoms with E-state index < -0.39 is 0 Å². The highest BCUT2D eigenvalue weighted by molar-refractivity contribution is 4.88. The van der Waals surface area contributed by atoms with Crippen molar-refractivity contribution in [1.82, 2.24) is 0 Å². The Labute approximate surface area is 51.3 Å². The predicted molar refractivity (Wildman–Crippen MR) is 34.6 cm³/mol. The molecule has 2 bridgehead atoms. The minimum absolute atomic E-state index is 1.09. The van der Waals surface area contributed by atoms with E-state index in [9.17, 15) is 0 Å². The lowest BCUT2D eigenvalue weighted by molar-refractivity contribution is 0.447. The molecule has 2 aliphatic rings. The summed E-state index contributed by atoms with van der Waals surface area (Å²) in [5.74, 6) is 3.37. The molecule has 2 rings (SSSR count). The van der Waals surface area contributed by atoms with Crippen LogP contribution in [0.15, 0.2) is 0 Å². The summed E-state index contributed by atoms with van der Waals surface area (Å²) in [7, 11) is 0. The van der Waals surface area contributed by atoms with Gasteiger partial charge in [-0.25, -0.2) is 0 Å². The summed E-state index contributed by atoms with van der Waals surface area (Å²) in [4.78, 5) is 0. The van der Waals surface area contributed by atoms with Gasteiger partial charge in [0.1, 0.15) is 0 Å². The summed E-state index contributed by atoms with van der Waals surface area (Å²) in [5, 5.41) is 0. The molecule has 0 heterocycles. The lowest BCUT2D eigenvalue weighted by Crippen LogP contribution is -1.97. The number of hydrogen-bond donors (Lipinski definition) is 0. The van der Waals surface area contributed by atoms with E-state index in [1.807, 2.05) is 0 Å². The third kappa shape index (κ3) is 0.463. The van der Waals surface area contributed by atoms with Crippen molar-refractivity contribution < 1.29 is 0 Å². The van der Waals surface area contributed by atoms with Crippen molar-refractivity contribution in [2.45, 2.75) is 32.6 Å². The average Bonchev–Trinajstić information content (AvgIpc) is 2.29. The van der Waals surface area contributed by atoms with Gasteiger partial charge in [0.2, 0.25) is 0 Å². The number of rotatable bonds is 0. The maximum Gasteiger partial charge on any atom is -0.0386 e. The van der Waals surface area contributed by atoms with Crippen LogP contribution in [-0.2, 0) is 0 Å². The van der Waals surface area contributed by atoms with E-state index in [0.29, 0.717) is 0 Å². The zero-order valence-corrected chi connectivity index (χ0v) is 5.56. The van der Waals surface area contributed by atoms with Crippen molar-refractivity contribution in [1.29, 1.82) is 0 Å². The van der Waals surface area contributed by atoms with Crippen LogP contribution in [0.4, 0.5) is 0 Å². The van der Waals surface area contributed by atoms with E-state index in [2.05, 4.69) is 6.92 Å². The first-order chi connectivity index (χ1) is 3.88. The lowest BCUT2D eigenvalue weighted by Gasteiger charge is -2.05. The first-order valence-electron chi connectivity index (χ1n) is 3.88. The highest BCUT2D eigenvalue weighted by Gasteiger charge is 2.37. The average molecular weight is 110 g/mol. The molecule has 2 saturated carbocycles. The van der Waals surface area contributed by atoms with E-state index in [1.54, 1.807) is 25.7 Å². The van der Waals surface area contributed by atoms with E-state index in [1.165, 1.54) is 0 Å². The molecule has 0 radical (unpaired) electrons. The maximum atomic E-state index is 2.44. The first kappa shape index (κ1) is 4.84. The second-order valence-electron chi connectivity index (χ2n) is 3.53. The van der Waals surface area contributed by atoms with Gasteiger partial charge < -0.3 is 0 Å². The topological polar surface area (TPSA) is 0 Å². The van der Waals surface area contributed by atoms with Crippen LogP contribution in [0.5, 0.6) is 0 Å². The fourth-order valence-corrected chi connectivity index (χ4v) is 2.58. The molecule has 2 fully saturated rings. The molecule has 0 spiro atoms. The first-order valence-corrected chi connectivity index (χ1v) is 3.88. The van der Waals surface area contributed by atoms with Gasteiger partial charge in [-0.1, -0.05) is 6.92 Å². The van der Waals surface area contributed by atoms with Gasteiger partial charge in [0, 0.05) is 0 Å². The molecule has 46 valence electrons. The lowest BCUT2D eigenvalue weighted by atomic mass is 10.0. The van der Waals surface area contributed by atoms with Crippen LogP contribution >= 0.6 is 0 Å². The van der Waals surface area contributed by atoms with Crippen LogP contribution < -0.4 is 0 Å². The molecule has 8 heavy (non-hydrogen) atoms. The van der Waals surface area contributed by atoms with Gasteiger partial charge >= 0.3 is 0 Å². The molecule has 0 aliphatic heterocycles. The molecule has 0 aromatic carbocycles. The smallest absolute Gasteiger partial charge is 0.0386 e. The third-order valence-electron chi connectivity index (χ3n) is 3.30. The fourth-order valence-electron chi connectivity index (χ4n) is 2.58. The van der Waals surface area contributed by atoms with Crippen molar-refractivity contribution in [3.05, 3.63) is 0 Å². The maximum absolute atomic E-state index is 2.44. The molecule has 0 nitrogen and oxygen atoms in total. The zero-order valence-electron chi connectivity index (χ0n) is 5.56. The molecule has 0 aromatic rings. The van der Waals surface area contributed by atoms with Crippen molar-refractivity contribution in [3.8, 4) is 0 Å². The Morgan fingerprint density at radius 2 is 1.25 bits per heavy atom.